The van der Waals surface area contributed by atoms with Crippen molar-refractivity contribution in [2.24, 2.45) is 17.6 Å². The van der Waals surface area contributed by atoms with Crippen molar-refractivity contribution in [3.05, 3.63) is 0 Å². The Morgan fingerprint density at radius 3 is 2.44 bits per heavy atom. The van der Waals surface area contributed by atoms with Crippen LogP contribution in [-0.2, 0) is 9.53 Å². The van der Waals surface area contributed by atoms with Gasteiger partial charge in [-0.25, -0.2) is 0 Å². The van der Waals surface area contributed by atoms with Crippen molar-refractivity contribution in [1.82, 2.24) is 5.32 Å². The van der Waals surface area contributed by atoms with Gasteiger partial charge in [-0.3, -0.25) is 4.79 Å². The molecule has 1 aliphatic carbocycles. The minimum atomic E-state index is 0.119. The number of carbonyl (C=O) groups excluding carboxylic acids is 1. The summed E-state index contributed by atoms with van der Waals surface area (Å²) in [5, 5.41) is 3.13. The predicted molar refractivity (Wildman–Crippen MR) is 73.2 cm³/mol. The summed E-state index contributed by atoms with van der Waals surface area (Å²) < 4.78 is 5.43. The predicted octanol–water partition coefficient (Wildman–Crippen LogP) is 1.68. The van der Waals surface area contributed by atoms with Gasteiger partial charge in [0.25, 0.3) is 0 Å². The van der Waals surface area contributed by atoms with Crippen LogP contribution < -0.4 is 11.1 Å². The third kappa shape index (κ3) is 4.94. The molecular formula is C14H28N2O2. The summed E-state index contributed by atoms with van der Waals surface area (Å²) in [6.07, 6.45) is 3.78. The van der Waals surface area contributed by atoms with E-state index in [0.29, 0.717) is 25.2 Å². The monoisotopic (exact) mass is 256 g/mol. The number of rotatable bonds is 6. The van der Waals surface area contributed by atoms with Crippen LogP contribution in [0.5, 0.6) is 0 Å². The van der Waals surface area contributed by atoms with Crippen molar-refractivity contribution in [2.45, 2.75) is 58.5 Å². The number of nitrogens with two attached hydrogens (primary N) is 1. The lowest BCUT2D eigenvalue weighted by atomic mass is 9.85. The zero-order valence-corrected chi connectivity index (χ0v) is 11.9. The lowest BCUT2D eigenvalue weighted by Gasteiger charge is -2.28. The first kappa shape index (κ1) is 15.4. The fraction of sp³-hybridized carbons (Fsp3) is 0.929. The summed E-state index contributed by atoms with van der Waals surface area (Å²) in [7, 11) is 0. The molecule has 0 saturated heterocycles. The number of ether oxygens (including phenoxy) is 1. The summed E-state index contributed by atoms with van der Waals surface area (Å²) in [6.45, 7) is 7.49. The van der Waals surface area contributed by atoms with E-state index >= 15 is 0 Å². The Hall–Kier alpha value is -0.610. The molecule has 0 aromatic heterocycles. The first-order chi connectivity index (χ1) is 8.54. The Bertz CT molecular complexity index is 248. The summed E-state index contributed by atoms with van der Waals surface area (Å²) >= 11 is 0. The highest BCUT2D eigenvalue weighted by molar-refractivity contribution is 5.79. The van der Waals surface area contributed by atoms with Crippen LogP contribution in [0.25, 0.3) is 0 Å². The van der Waals surface area contributed by atoms with Gasteiger partial charge >= 0.3 is 0 Å². The smallest absolute Gasteiger partial charge is 0.223 e. The van der Waals surface area contributed by atoms with E-state index in [4.69, 9.17) is 10.5 Å². The Labute approximate surface area is 111 Å². The maximum Gasteiger partial charge on any atom is 0.223 e. The molecule has 1 atom stereocenters. The van der Waals surface area contributed by atoms with E-state index in [1.807, 2.05) is 6.92 Å². The third-order valence-corrected chi connectivity index (χ3v) is 3.78. The maximum atomic E-state index is 12.2. The molecule has 3 N–H and O–H groups in total. The molecular weight excluding hydrogens is 228 g/mol. The van der Waals surface area contributed by atoms with Gasteiger partial charge in [0.15, 0.2) is 0 Å². The molecule has 18 heavy (non-hydrogen) atoms. The van der Waals surface area contributed by atoms with Gasteiger partial charge in [0.2, 0.25) is 5.91 Å². The van der Waals surface area contributed by atoms with E-state index in [1.54, 1.807) is 0 Å². The normalized spacial score (nSPS) is 26.1. The van der Waals surface area contributed by atoms with Gasteiger partial charge in [0.05, 0.1) is 12.6 Å². The standard InChI is InChI=1S/C14H28N2O2/c1-4-18-9-13(10(2)3)16-14(17)11-5-7-12(15)8-6-11/h10-13H,4-9,15H2,1-3H3,(H,16,17). The van der Waals surface area contributed by atoms with E-state index in [-0.39, 0.29) is 17.9 Å². The second-order valence-corrected chi connectivity index (χ2v) is 5.63. The third-order valence-electron chi connectivity index (χ3n) is 3.78. The van der Waals surface area contributed by atoms with Crippen LogP contribution in [0.15, 0.2) is 0 Å². The molecule has 0 aliphatic heterocycles. The number of hydrogen-bond donors (Lipinski definition) is 2. The highest BCUT2D eigenvalue weighted by Gasteiger charge is 2.26. The topological polar surface area (TPSA) is 64.3 Å². The van der Waals surface area contributed by atoms with Gasteiger partial charge in [-0.05, 0) is 38.5 Å². The van der Waals surface area contributed by atoms with E-state index in [1.165, 1.54) is 0 Å². The maximum absolute atomic E-state index is 12.2. The van der Waals surface area contributed by atoms with Crippen LogP contribution in [0.2, 0.25) is 0 Å². The van der Waals surface area contributed by atoms with Crippen LogP contribution in [0, 0.1) is 11.8 Å². The minimum absolute atomic E-state index is 0.119. The Kier molecular flexibility index (Phi) is 6.65. The average Bonchev–Trinajstić information content (AvgIpc) is 2.34. The fourth-order valence-electron chi connectivity index (χ4n) is 2.33. The van der Waals surface area contributed by atoms with Gasteiger partial charge < -0.3 is 15.8 Å². The molecule has 0 heterocycles. The molecule has 0 bridgehead atoms. The Balaban J connectivity index is 2.40. The lowest BCUT2D eigenvalue weighted by molar-refractivity contribution is -0.127. The van der Waals surface area contributed by atoms with Crippen molar-refractivity contribution in [1.29, 1.82) is 0 Å². The van der Waals surface area contributed by atoms with Crippen molar-refractivity contribution in [2.75, 3.05) is 13.2 Å². The van der Waals surface area contributed by atoms with Gasteiger partial charge in [0, 0.05) is 18.6 Å². The quantitative estimate of drug-likeness (QED) is 0.760. The average molecular weight is 256 g/mol. The number of amides is 1. The SMILES string of the molecule is CCOCC(NC(=O)C1CCC(N)CC1)C(C)C. The molecule has 1 unspecified atom stereocenters. The van der Waals surface area contributed by atoms with Crippen molar-refractivity contribution < 1.29 is 9.53 Å². The van der Waals surface area contributed by atoms with Crippen LogP contribution >= 0.6 is 0 Å². The number of hydrogen-bond acceptors (Lipinski definition) is 3. The molecule has 0 spiro atoms. The van der Waals surface area contributed by atoms with Gasteiger partial charge in [-0.1, -0.05) is 13.8 Å². The van der Waals surface area contributed by atoms with Crippen LogP contribution in [0.4, 0.5) is 0 Å². The zero-order chi connectivity index (χ0) is 13.5. The van der Waals surface area contributed by atoms with Crippen molar-refractivity contribution in [3.8, 4) is 0 Å². The summed E-state index contributed by atoms with van der Waals surface area (Å²) in [5.41, 5.74) is 5.86. The van der Waals surface area contributed by atoms with Crippen LogP contribution in [0.1, 0.15) is 46.5 Å². The van der Waals surface area contributed by atoms with E-state index in [0.717, 1.165) is 25.7 Å². The molecule has 1 aliphatic rings. The Morgan fingerprint density at radius 2 is 1.94 bits per heavy atom. The second kappa shape index (κ2) is 7.74. The molecule has 1 amide bonds. The van der Waals surface area contributed by atoms with Crippen molar-refractivity contribution >= 4 is 5.91 Å². The molecule has 1 rings (SSSR count). The summed E-state index contributed by atoms with van der Waals surface area (Å²) in [5.74, 6) is 0.722. The first-order valence-electron chi connectivity index (χ1n) is 7.18. The zero-order valence-electron chi connectivity index (χ0n) is 11.9. The molecule has 0 aromatic rings. The van der Waals surface area contributed by atoms with Gasteiger partial charge in [0.1, 0.15) is 0 Å². The van der Waals surface area contributed by atoms with Gasteiger partial charge in [-0.15, -0.1) is 0 Å². The molecule has 1 saturated carbocycles. The van der Waals surface area contributed by atoms with Crippen molar-refractivity contribution in [3.63, 3.8) is 0 Å². The van der Waals surface area contributed by atoms with Crippen LogP contribution in [-0.4, -0.2) is 31.2 Å². The molecule has 0 aromatic carbocycles. The molecule has 106 valence electrons. The Morgan fingerprint density at radius 1 is 1.33 bits per heavy atom. The number of carbonyl (C=O) groups is 1. The van der Waals surface area contributed by atoms with Crippen LogP contribution in [0.3, 0.4) is 0 Å². The van der Waals surface area contributed by atoms with E-state index in [9.17, 15) is 4.79 Å². The highest BCUT2D eigenvalue weighted by atomic mass is 16.5. The molecule has 1 fully saturated rings. The van der Waals surface area contributed by atoms with Gasteiger partial charge in [-0.2, -0.15) is 0 Å². The molecule has 4 heteroatoms. The molecule has 4 nitrogen and oxygen atoms in total. The second-order valence-electron chi connectivity index (χ2n) is 5.63. The minimum Gasteiger partial charge on any atom is -0.380 e. The van der Waals surface area contributed by atoms with E-state index in [2.05, 4.69) is 19.2 Å². The first-order valence-corrected chi connectivity index (χ1v) is 7.18. The lowest BCUT2D eigenvalue weighted by Crippen LogP contribution is -2.45. The fourth-order valence-corrected chi connectivity index (χ4v) is 2.33. The number of nitrogens with one attached hydrogen (secondary N) is 1. The van der Waals surface area contributed by atoms with E-state index < -0.39 is 0 Å². The highest BCUT2D eigenvalue weighted by Crippen LogP contribution is 2.23. The largest absolute Gasteiger partial charge is 0.380 e. The summed E-state index contributed by atoms with van der Waals surface area (Å²) in [6, 6.07) is 0.409. The summed E-state index contributed by atoms with van der Waals surface area (Å²) in [4.78, 5) is 12.2. The molecule has 0 radical (unpaired) electrons.